The van der Waals surface area contributed by atoms with Gasteiger partial charge in [0.15, 0.2) is 0 Å². The van der Waals surface area contributed by atoms with Crippen LogP contribution >= 0.6 is 0 Å². The number of hydrogen-bond donors (Lipinski definition) is 0. The molecule has 1 aliphatic rings. The Bertz CT molecular complexity index is 1170. The predicted molar refractivity (Wildman–Crippen MR) is 129 cm³/mol. The lowest BCUT2D eigenvalue weighted by molar-refractivity contribution is 0.236. The molecule has 0 fully saturated rings. The van der Waals surface area contributed by atoms with E-state index in [0.29, 0.717) is 0 Å². The molecular formula is C28H29N3O. The van der Waals surface area contributed by atoms with Crippen molar-refractivity contribution in [3.63, 3.8) is 0 Å². The molecule has 0 amide bonds. The van der Waals surface area contributed by atoms with Crippen molar-refractivity contribution in [2.45, 2.75) is 39.4 Å². The summed E-state index contributed by atoms with van der Waals surface area (Å²) < 4.78 is 8.47. The highest BCUT2D eigenvalue weighted by Gasteiger charge is 2.24. The zero-order chi connectivity index (χ0) is 21.8. The van der Waals surface area contributed by atoms with Crippen LogP contribution in [0.5, 0.6) is 11.5 Å². The van der Waals surface area contributed by atoms with Gasteiger partial charge in [-0.15, -0.1) is 0 Å². The minimum absolute atomic E-state index is 0.865. The largest absolute Gasteiger partial charge is 0.457 e. The third-order valence-electron chi connectivity index (χ3n) is 5.96. The lowest BCUT2D eigenvalue weighted by atomic mass is 10.1. The summed E-state index contributed by atoms with van der Waals surface area (Å²) in [4.78, 5) is 7.58. The van der Waals surface area contributed by atoms with Gasteiger partial charge in [0, 0.05) is 38.2 Å². The number of ether oxygens (including phenoxy) is 1. The minimum atomic E-state index is 0.865. The monoisotopic (exact) mass is 423 g/mol. The molecule has 1 aliphatic heterocycles. The molecular weight excluding hydrogens is 394 g/mol. The van der Waals surface area contributed by atoms with Gasteiger partial charge in [0.2, 0.25) is 0 Å². The van der Waals surface area contributed by atoms with Crippen molar-refractivity contribution in [1.29, 1.82) is 0 Å². The maximum absolute atomic E-state index is 6.04. The molecule has 4 aromatic rings. The van der Waals surface area contributed by atoms with Crippen molar-refractivity contribution in [1.82, 2.24) is 14.5 Å². The molecule has 0 radical (unpaired) electrons. The molecule has 162 valence electrons. The summed E-state index contributed by atoms with van der Waals surface area (Å²) in [5.74, 6) is 2.86. The van der Waals surface area contributed by atoms with E-state index in [0.717, 1.165) is 56.3 Å². The van der Waals surface area contributed by atoms with Gasteiger partial charge >= 0.3 is 0 Å². The maximum atomic E-state index is 6.04. The van der Waals surface area contributed by atoms with Crippen LogP contribution < -0.4 is 4.74 Å². The molecule has 0 aliphatic carbocycles. The molecule has 4 heteroatoms. The number of aromatic nitrogens is 2. The summed E-state index contributed by atoms with van der Waals surface area (Å²) in [5.41, 5.74) is 5.10. The van der Waals surface area contributed by atoms with Crippen LogP contribution in [0, 0.1) is 0 Å². The van der Waals surface area contributed by atoms with E-state index in [2.05, 4.69) is 64.9 Å². The first-order valence-electron chi connectivity index (χ1n) is 11.5. The first-order chi connectivity index (χ1) is 15.8. The summed E-state index contributed by atoms with van der Waals surface area (Å²) >= 11 is 0. The number of para-hydroxylation sites is 1. The van der Waals surface area contributed by atoms with E-state index in [9.17, 15) is 0 Å². The van der Waals surface area contributed by atoms with Gasteiger partial charge in [-0.1, -0.05) is 67.6 Å². The van der Waals surface area contributed by atoms with Gasteiger partial charge in [0.1, 0.15) is 17.3 Å². The molecule has 3 aromatic carbocycles. The van der Waals surface area contributed by atoms with Crippen LogP contribution in [0.1, 0.15) is 30.3 Å². The normalized spacial score (nSPS) is 13.7. The van der Waals surface area contributed by atoms with Gasteiger partial charge < -0.3 is 9.30 Å². The Balaban J connectivity index is 1.35. The Morgan fingerprint density at radius 2 is 1.62 bits per heavy atom. The number of rotatable bonds is 7. The van der Waals surface area contributed by atoms with E-state index >= 15 is 0 Å². The number of hydrogen-bond acceptors (Lipinski definition) is 3. The minimum Gasteiger partial charge on any atom is -0.457 e. The molecule has 0 unspecified atom stereocenters. The van der Waals surface area contributed by atoms with Crippen molar-refractivity contribution >= 4 is 0 Å². The topological polar surface area (TPSA) is 30.3 Å². The van der Waals surface area contributed by atoms with E-state index in [1.54, 1.807) is 0 Å². The van der Waals surface area contributed by atoms with Gasteiger partial charge in [-0.05, 0) is 36.2 Å². The highest BCUT2D eigenvalue weighted by atomic mass is 16.5. The zero-order valence-corrected chi connectivity index (χ0v) is 18.6. The maximum Gasteiger partial charge on any atom is 0.140 e. The molecule has 5 rings (SSSR count). The van der Waals surface area contributed by atoms with Crippen LogP contribution in [0.15, 0.2) is 84.9 Å². The summed E-state index contributed by atoms with van der Waals surface area (Å²) in [7, 11) is 0. The van der Waals surface area contributed by atoms with Crippen molar-refractivity contribution in [3.05, 3.63) is 102 Å². The standard InChI is InChI=1S/C28H29N3O/c1-2-17-31-27-21-30(18-16-26(27)29-28(31)23-11-5-3-6-12-23)20-22-10-9-15-25(19-22)32-24-13-7-4-8-14-24/h3-15,19H,2,16-18,20-21H2,1H3. The van der Waals surface area contributed by atoms with Gasteiger partial charge in [0.05, 0.1) is 11.4 Å². The molecule has 0 spiro atoms. The van der Waals surface area contributed by atoms with Gasteiger partial charge in [-0.25, -0.2) is 4.98 Å². The molecule has 0 atom stereocenters. The van der Waals surface area contributed by atoms with E-state index in [1.807, 2.05) is 36.4 Å². The Labute approximate surface area is 190 Å². The van der Waals surface area contributed by atoms with Gasteiger partial charge in [-0.3, -0.25) is 4.90 Å². The molecule has 0 saturated heterocycles. The quantitative estimate of drug-likeness (QED) is 0.349. The third kappa shape index (κ3) is 4.46. The average Bonchev–Trinajstić information content (AvgIpc) is 3.19. The number of fused-ring (bicyclic) bond motifs is 1. The van der Waals surface area contributed by atoms with Crippen molar-refractivity contribution in [2.24, 2.45) is 0 Å². The smallest absolute Gasteiger partial charge is 0.140 e. The van der Waals surface area contributed by atoms with Crippen molar-refractivity contribution in [3.8, 4) is 22.9 Å². The van der Waals surface area contributed by atoms with E-state index in [-0.39, 0.29) is 0 Å². The van der Waals surface area contributed by atoms with E-state index in [4.69, 9.17) is 9.72 Å². The summed E-state index contributed by atoms with van der Waals surface area (Å²) in [6, 6.07) is 29.0. The van der Waals surface area contributed by atoms with E-state index < -0.39 is 0 Å². The Hall–Kier alpha value is -3.37. The van der Waals surface area contributed by atoms with Crippen molar-refractivity contribution in [2.75, 3.05) is 6.54 Å². The van der Waals surface area contributed by atoms with E-state index in [1.165, 1.54) is 22.5 Å². The third-order valence-corrected chi connectivity index (χ3v) is 5.96. The highest BCUT2D eigenvalue weighted by molar-refractivity contribution is 5.57. The SMILES string of the molecule is CCCn1c(-c2ccccc2)nc2c1CN(Cc1cccc(Oc3ccccc3)c1)CC2. The first kappa shape index (κ1) is 20.5. The summed E-state index contributed by atoms with van der Waals surface area (Å²) in [5, 5.41) is 0. The van der Waals surface area contributed by atoms with Crippen LogP contribution in [-0.4, -0.2) is 21.0 Å². The second-order valence-corrected chi connectivity index (χ2v) is 8.37. The molecule has 4 nitrogen and oxygen atoms in total. The molecule has 1 aromatic heterocycles. The number of imidazole rings is 1. The second kappa shape index (κ2) is 9.41. The molecule has 0 saturated carbocycles. The fourth-order valence-corrected chi connectivity index (χ4v) is 4.47. The Kier molecular flexibility index (Phi) is 6.04. The predicted octanol–water partition coefficient (Wildman–Crippen LogP) is 6.31. The average molecular weight is 424 g/mol. The second-order valence-electron chi connectivity index (χ2n) is 8.37. The molecule has 2 heterocycles. The lowest BCUT2D eigenvalue weighted by Gasteiger charge is -2.27. The highest BCUT2D eigenvalue weighted by Crippen LogP contribution is 2.29. The number of benzene rings is 3. The lowest BCUT2D eigenvalue weighted by Crippen LogP contribution is -2.31. The van der Waals surface area contributed by atoms with Crippen LogP contribution in [0.25, 0.3) is 11.4 Å². The zero-order valence-electron chi connectivity index (χ0n) is 18.6. The Morgan fingerprint density at radius 1 is 0.875 bits per heavy atom. The number of nitrogens with zero attached hydrogens (tertiary/aromatic N) is 3. The van der Waals surface area contributed by atoms with Crippen LogP contribution in [0.4, 0.5) is 0 Å². The van der Waals surface area contributed by atoms with Gasteiger partial charge in [-0.2, -0.15) is 0 Å². The summed E-state index contributed by atoms with van der Waals surface area (Å²) in [6.07, 6.45) is 2.09. The molecule has 32 heavy (non-hydrogen) atoms. The molecule has 0 N–H and O–H groups in total. The Morgan fingerprint density at radius 3 is 2.41 bits per heavy atom. The van der Waals surface area contributed by atoms with Crippen molar-refractivity contribution < 1.29 is 4.74 Å². The van der Waals surface area contributed by atoms with Crippen LogP contribution in [0.2, 0.25) is 0 Å². The van der Waals surface area contributed by atoms with Gasteiger partial charge in [0.25, 0.3) is 0 Å². The van der Waals surface area contributed by atoms with Crippen LogP contribution in [0.3, 0.4) is 0 Å². The van der Waals surface area contributed by atoms with Crippen LogP contribution in [-0.2, 0) is 26.1 Å². The molecule has 0 bridgehead atoms. The first-order valence-corrected chi connectivity index (χ1v) is 11.5. The fraction of sp³-hybridized carbons (Fsp3) is 0.250. The fourth-order valence-electron chi connectivity index (χ4n) is 4.47. The summed E-state index contributed by atoms with van der Waals surface area (Å²) in [6.45, 7) is 6.09.